The first-order chi connectivity index (χ1) is 12.0. The van der Waals surface area contributed by atoms with Crippen molar-refractivity contribution in [1.82, 2.24) is 10.2 Å². The summed E-state index contributed by atoms with van der Waals surface area (Å²) in [4.78, 5) is 17.1. The number of hydrogen-bond donors (Lipinski definition) is 2. The molecular weight excluding hydrogens is 321 g/mol. The maximum Gasteiger partial charge on any atom is 0.335 e. The average molecular weight is 347 g/mol. The van der Waals surface area contributed by atoms with E-state index in [1.165, 1.54) is 18.2 Å². The van der Waals surface area contributed by atoms with E-state index in [0.29, 0.717) is 24.4 Å². The van der Waals surface area contributed by atoms with Crippen LogP contribution in [0.4, 0.5) is 4.39 Å². The number of aliphatic imine (C=N–C) groups is 1. The van der Waals surface area contributed by atoms with Crippen LogP contribution in [-0.4, -0.2) is 55.4 Å². The van der Waals surface area contributed by atoms with Crippen LogP contribution < -0.4 is 5.32 Å². The van der Waals surface area contributed by atoms with Crippen LogP contribution in [-0.2, 0) is 11.3 Å². The van der Waals surface area contributed by atoms with E-state index in [1.54, 1.807) is 19.2 Å². The first-order valence-electron chi connectivity index (χ1n) is 8.13. The largest absolute Gasteiger partial charge is 0.478 e. The van der Waals surface area contributed by atoms with E-state index >= 15 is 0 Å². The zero-order chi connectivity index (χ0) is 18.7. The van der Waals surface area contributed by atoms with Gasteiger partial charge >= 0.3 is 5.97 Å². The summed E-state index contributed by atoms with van der Waals surface area (Å²) in [5.41, 5.74) is 1.46. The second-order valence-electron chi connectivity index (χ2n) is 5.68. The van der Waals surface area contributed by atoms with Crippen molar-refractivity contribution in [3.8, 4) is 0 Å². The molecule has 0 amide bonds. The van der Waals surface area contributed by atoms with E-state index in [-0.39, 0.29) is 11.4 Å². The van der Waals surface area contributed by atoms with Gasteiger partial charge in [-0.05, 0) is 38.7 Å². The van der Waals surface area contributed by atoms with Gasteiger partial charge in [-0.3, -0.25) is 4.99 Å². The lowest BCUT2D eigenvalue weighted by Crippen LogP contribution is -2.27. The summed E-state index contributed by atoms with van der Waals surface area (Å²) < 4.78 is 13.6. The van der Waals surface area contributed by atoms with Gasteiger partial charge in [0.15, 0.2) is 0 Å². The van der Waals surface area contributed by atoms with Crippen molar-refractivity contribution in [2.45, 2.75) is 13.0 Å². The first-order valence-corrected chi connectivity index (χ1v) is 8.13. The number of rotatable bonds is 11. The molecule has 0 aliphatic rings. The van der Waals surface area contributed by atoms with Gasteiger partial charge in [0, 0.05) is 31.4 Å². The maximum absolute atomic E-state index is 13.6. The quantitative estimate of drug-likeness (QED) is 0.279. The Balaban J connectivity index is 2.32. The van der Waals surface area contributed by atoms with Crippen LogP contribution in [0.15, 0.2) is 53.6 Å². The first kappa shape index (κ1) is 20.7. The summed E-state index contributed by atoms with van der Waals surface area (Å²) in [7, 11) is 3.58. The molecule has 136 valence electrons. The van der Waals surface area contributed by atoms with E-state index in [1.807, 2.05) is 13.1 Å². The number of carboxylic acids is 1. The van der Waals surface area contributed by atoms with Gasteiger partial charge < -0.3 is 15.3 Å². The van der Waals surface area contributed by atoms with E-state index in [9.17, 15) is 9.18 Å². The molecule has 1 rings (SSSR count). The van der Waals surface area contributed by atoms with Crippen molar-refractivity contribution in [3.63, 3.8) is 0 Å². The normalized spacial score (nSPS) is 12.5. The Bertz CT molecular complexity index is 641. The van der Waals surface area contributed by atoms with Gasteiger partial charge in [-0.1, -0.05) is 30.9 Å². The lowest BCUT2D eigenvalue weighted by Gasteiger charge is -2.17. The molecule has 25 heavy (non-hydrogen) atoms. The lowest BCUT2D eigenvalue weighted by atomic mass is 10.2. The Hall–Kier alpha value is -2.31. The van der Waals surface area contributed by atoms with Crippen LogP contribution >= 0.6 is 0 Å². The smallest absolute Gasteiger partial charge is 0.335 e. The van der Waals surface area contributed by atoms with Crippen LogP contribution in [0.25, 0.3) is 0 Å². The molecule has 2 N–H and O–H groups in total. The number of carbonyl (C=O) groups is 1. The minimum absolute atomic E-state index is 0.118. The minimum Gasteiger partial charge on any atom is -0.478 e. The van der Waals surface area contributed by atoms with Crippen LogP contribution in [0.1, 0.15) is 12.0 Å². The van der Waals surface area contributed by atoms with Gasteiger partial charge in [0.25, 0.3) is 0 Å². The van der Waals surface area contributed by atoms with Crippen molar-refractivity contribution in [1.29, 1.82) is 0 Å². The molecule has 0 heterocycles. The molecule has 0 bridgehead atoms. The van der Waals surface area contributed by atoms with Gasteiger partial charge in [0.1, 0.15) is 5.82 Å². The number of hydrogen-bond acceptors (Lipinski definition) is 4. The SMILES string of the molecule is C=C/C(=C\C(CNCCCN(C)Cc1ccccc1F)=N/C)C(=O)O. The Kier molecular flexibility index (Phi) is 9.36. The number of halogens is 1. The molecule has 0 saturated heterocycles. The molecule has 1 aromatic rings. The van der Waals surface area contributed by atoms with Gasteiger partial charge in [-0.15, -0.1) is 0 Å². The highest BCUT2D eigenvalue weighted by Crippen LogP contribution is 2.08. The lowest BCUT2D eigenvalue weighted by molar-refractivity contribution is -0.132. The summed E-state index contributed by atoms with van der Waals surface area (Å²) in [5.74, 6) is -1.20. The molecule has 0 radical (unpaired) electrons. The maximum atomic E-state index is 13.6. The van der Waals surface area contributed by atoms with Crippen LogP contribution in [0.5, 0.6) is 0 Å². The summed E-state index contributed by atoms with van der Waals surface area (Å²) in [5, 5.41) is 12.2. The molecule has 0 aromatic heterocycles. The molecule has 0 atom stereocenters. The number of nitrogens with one attached hydrogen (secondary N) is 1. The molecule has 0 saturated carbocycles. The van der Waals surface area contributed by atoms with E-state index in [2.05, 4.69) is 21.8 Å². The van der Waals surface area contributed by atoms with Gasteiger partial charge in [-0.25, -0.2) is 9.18 Å². The molecule has 0 spiro atoms. The zero-order valence-corrected chi connectivity index (χ0v) is 14.8. The third kappa shape index (κ3) is 7.87. The predicted molar refractivity (Wildman–Crippen MR) is 99.5 cm³/mol. The Morgan fingerprint density at radius 2 is 2.16 bits per heavy atom. The number of nitrogens with zero attached hydrogens (tertiary/aromatic N) is 2. The summed E-state index contributed by atoms with van der Waals surface area (Å²) in [6.45, 7) is 6.11. The third-order valence-electron chi connectivity index (χ3n) is 3.67. The molecular formula is C19H26FN3O2. The van der Waals surface area contributed by atoms with Crippen LogP contribution in [0.3, 0.4) is 0 Å². The summed E-state index contributed by atoms with van der Waals surface area (Å²) in [6.07, 6.45) is 3.69. The highest BCUT2D eigenvalue weighted by atomic mass is 19.1. The minimum atomic E-state index is -1.02. The monoisotopic (exact) mass is 347 g/mol. The Labute approximate surface area is 148 Å². The molecule has 0 fully saturated rings. The topological polar surface area (TPSA) is 64.9 Å². The fourth-order valence-electron chi connectivity index (χ4n) is 2.27. The second kappa shape index (κ2) is 11.3. The average Bonchev–Trinajstić information content (AvgIpc) is 2.59. The second-order valence-corrected chi connectivity index (χ2v) is 5.68. The van der Waals surface area contributed by atoms with Gasteiger partial charge in [0.05, 0.1) is 5.57 Å². The third-order valence-corrected chi connectivity index (χ3v) is 3.67. The van der Waals surface area contributed by atoms with Crippen molar-refractivity contribution >= 4 is 11.7 Å². The van der Waals surface area contributed by atoms with Crippen molar-refractivity contribution < 1.29 is 14.3 Å². The fraction of sp³-hybridized carbons (Fsp3) is 0.368. The summed E-state index contributed by atoms with van der Waals surface area (Å²) in [6, 6.07) is 6.78. The fourth-order valence-corrected chi connectivity index (χ4v) is 2.27. The van der Waals surface area contributed by atoms with E-state index < -0.39 is 5.97 Å². The van der Waals surface area contributed by atoms with Crippen molar-refractivity contribution in [2.24, 2.45) is 4.99 Å². The number of benzene rings is 1. The van der Waals surface area contributed by atoms with Gasteiger partial charge in [-0.2, -0.15) is 0 Å². The zero-order valence-electron chi connectivity index (χ0n) is 14.8. The molecule has 0 unspecified atom stereocenters. The number of carboxylic acid groups (broad SMARTS) is 1. The molecule has 0 aliphatic carbocycles. The molecule has 5 nitrogen and oxygen atoms in total. The van der Waals surface area contributed by atoms with Crippen LogP contribution in [0, 0.1) is 5.82 Å². The van der Waals surface area contributed by atoms with Crippen LogP contribution in [0.2, 0.25) is 0 Å². The molecule has 1 aromatic carbocycles. The van der Waals surface area contributed by atoms with Crippen molar-refractivity contribution in [3.05, 3.63) is 60.0 Å². The highest BCUT2D eigenvalue weighted by molar-refractivity contribution is 6.04. The van der Waals surface area contributed by atoms with Gasteiger partial charge in [0.2, 0.25) is 0 Å². The predicted octanol–water partition coefficient (Wildman–Crippen LogP) is 2.50. The standard InChI is InChI=1S/C19H26FN3O2/c1-4-15(19(24)25)12-17(21-2)13-22-10-7-11-23(3)14-16-8-5-6-9-18(16)20/h4-6,8-9,12,22H,1,7,10-11,13-14H2,2-3H3,(H,24,25)/b15-12+,21-17+. The molecule has 6 heteroatoms. The Morgan fingerprint density at radius 3 is 2.76 bits per heavy atom. The summed E-state index contributed by atoms with van der Waals surface area (Å²) >= 11 is 0. The van der Waals surface area contributed by atoms with Crippen molar-refractivity contribution in [2.75, 3.05) is 33.7 Å². The number of aliphatic carboxylic acids is 1. The Morgan fingerprint density at radius 1 is 1.44 bits per heavy atom. The molecule has 0 aliphatic heterocycles. The highest BCUT2D eigenvalue weighted by Gasteiger charge is 2.06. The van der Waals surface area contributed by atoms with E-state index in [0.717, 1.165) is 19.5 Å². The van der Waals surface area contributed by atoms with E-state index in [4.69, 9.17) is 5.11 Å².